The summed E-state index contributed by atoms with van der Waals surface area (Å²) in [5.41, 5.74) is 4.46. The molecule has 1 heterocycles. The number of aliphatic hydroxyl groups is 2. The monoisotopic (exact) mass is 288 g/mol. The molecule has 0 radical (unpaired) electrons. The molecule has 0 aromatic carbocycles. The zero-order valence-electron chi connectivity index (χ0n) is 11.4. The molecule has 6 N–H and O–H groups in total. The molecule has 8 nitrogen and oxygen atoms in total. The molecule has 114 valence electrons. The summed E-state index contributed by atoms with van der Waals surface area (Å²) in [5.74, 6) is -2.78. The van der Waals surface area contributed by atoms with Gasteiger partial charge in [-0.25, -0.2) is 4.79 Å². The van der Waals surface area contributed by atoms with Crippen molar-refractivity contribution in [2.45, 2.75) is 38.1 Å². The molecule has 1 rings (SSSR count). The van der Waals surface area contributed by atoms with Crippen LogP contribution in [-0.4, -0.2) is 51.7 Å². The number of carbonyl (C=O) groups is 2. The fraction of sp³-hybridized carbons (Fsp3) is 0.667. The Labute approximate surface area is 116 Å². The van der Waals surface area contributed by atoms with Gasteiger partial charge in [-0.2, -0.15) is 0 Å². The molecule has 4 atom stereocenters. The van der Waals surface area contributed by atoms with E-state index in [1.165, 1.54) is 19.9 Å². The van der Waals surface area contributed by atoms with E-state index in [4.69, 9.17) is 20.7 Å². The van der Waals surface area contributed by atoms with E-state index in [1.807, 2.05) is 0 Å². The first-order valence-corrected chi connectivity index (χ1v) is 6.19. The summed E-state index contributed by atoms with van der Waals surface area (Å²) in [7, 11) is 0. The maximum atomic E-state index is 11.2. The van der Waals surface area contributed by atoms with Gasteiger partial charge in [-0.1, -0.05) is 6.92 Å². The van der Waals surface area contributed by atoms with E-state index in [0.717, 1.165) is 0 Å². The molecule has 0 saturated heterocycles. The number of aliphatic carboxylic acids is 1. The summed E-state index contributed by atoms with van der Waals surface area (Å²) >= 11 is 0. The van der Waals surface area contributed by atoms with E-state index in [1.54, 1.807) is 0 Å². The Hall–Kier alpha value is -1.64. The minimum Gasteiger partial charge on any atom is -0.475 e. The first-order chi connectivity index (χ1) is 9.22. The Kier molecular flexibility index (Phi) is 5.09. The van der Waals surface area contributed by atoms with Gasteiger partial charge in [0, 0.05) is 12.8 Å². The van der Waals surface area contributed by atoms with Gasteiger partial charge < -0.3 is 25.4 Å². The number of amides is 1. The Morgan fingerprint density at radius 1 is 1.65 bits per heavy atom. The maximum Gasteiger partial charge on any atom is 0.370 e. The normalized spacial score (nSPS) is 28.9. The summed E-state index contributed by atoms with van der Waals surface area (Å²) in [5, 5.41) is 30.3. The van der Waals surface area contributed by atoms with E-state index in [9.17, 15) is 14.7 Å². The van der Waals surface area contributed by atoms with Crippen LogP contribution in [0, 0.1) is 5.92 Å². The highest BCUT2D eigenvalue weighted by molar-refractivity contribution is 5.84. The van der Waals surface area contributed by atoms with Crippen molar-refractivity contribution in [1.82, 2.24) is 5.32 Å². The molecule has 0 bridgehead atoms. The first kappa shape index (κ1) is 16.4. The van der Waals surface area contributed by atoms with Gasteiger partial charge in [-0.3, -0.25) is 10.5 Å². The van der Waals surface area contributed by atoms with Gasteiger partial charge in [0.1, 0.15) is 0 Å². The Bertz CT molecular complexity index is 424. The van der Waals surface area contributed by atoms with Crippen LogP contribution in [0.1, 0.15) is 20.3 Å². The molecule has 1 amide bonds. The third kappa shape index (κ3) is 3.27. The lowest BCUT2D eigenvalue weighted by atomic mass is 9.83. The van der Waals surface area contributed by atoms with Crippen molar-refractivity contribution in [2.75, 3.05) is 6.61 Å². The lowest BCUT2D eigenvalue weighted by Gasteiger charge is -2.45. The second-order valence-corrected chi connectivity index (χ2v) is 4.86. The molecule has 0 spiro atoms. The number of nitrogens with one attached hydrogen (secondary N) is 1. The number of hydrogen-bond donors (Lipinski definition) is 5. The Morgan fingerprint density at radius 3 is 2.70 bits per heavy atom. The van der Waals surface area contributed by atoms with Crippen LogP contribution in [0.4, 0.5) is 0 Å². The highest BCUT2D eigenvalue weighted by Gasteiger charge is 2.48. The zero-order chi connectivity index (χ0) is 15.5. The standard InChI is InChI=1S/C12H20N2O6/c1-6(8(17)5-15)12(13)10(14-7(2)16)4-3-9(20-12)11(18)19/h3,6,8,10,15,17H,4-5,13H2,1-2H3,(H,14,16)(H,18,19). The highest BCUT2D eigenvalue weighted by atomic mass is 16.5. The topological polar surface area (TPSA) is 142 Å². The second kappa shape index (κ2) is 6.21. The van der Waals surface area contributed by atoms with Crippen molar-refractivity contribution in [1.29, 1.82) is 0 Å². The largest absolute Gasteiger partial charge is 0.475 e. The number of aliphatic hydroxyl groups excluding tert-OH is 2. The summed E-state index contributed by atoms with van der Waals surface area (Å²) < 4.78 is 5.29. The number of nitrogens with two attached hydrogens (primary N) is 1. The molecule has 20 heavy (non-hydrogen) atoms. The van der Waals surface area contributed by atoms with E-state index >= 15 is 0 Å². The molecule has 0 aromatic rings. The lowest BCUT2D eigenvalue weighted by Crippen LogP contribution is -2.67. The van der Waals surface area contributed by atoms with Crippen LogP contribution in [0.2, 0.25) is 0 Å². The predicted molar refractivity (Wildman–Crippen MR) is 68.2 cm³/mol. The minimum absolute atomic E-state index is 0.153. The van der Waals surface area contributed by atoms with Crippen LogP contribution < -0.4 is 11.1 Å². The quantitative estimate of drug-likeness (QED) is 0.415. The number of carboxylic acid groups (broad SMARTS) is 1. The summed E-state index contributed by atoms with van der Waals surface area (Å²) in [6.45, 7) is 2.26. The predicted octanol–water partition coefficient (Wildman–Crippen LogP) is -1.48. The molecule has 1 aliphatic heterocycles. The molecule has 0 fully saturated rings. The molecule has 0 aromatic heterocycles. The van der Waals surface area contributed by atoms with Crippen LogP contribution in [-0.2, 0) is 14.3 Å². The third-order valence-corrected chi connectivity index (χ3v) is 3.43. The summed E-state index contributed by atoms with van der Waals surface area (Å²) in [6.07, 6.45) is 0.260. The van der Waals surface area contributed by atoms with Crippen molar-refractivity contribution >= 4 is 11.9 Å². The van der Waals surface area contributed by atoms with Gasteiger partial charge in [-0.15, -0.1) is 0 Å². The summed E-state index contributed by atoms with van der Waals surface area (Å²) in [6, 6.07) is -0.709. The van der Waals surface area contributed by atoms with Gasteiger partial charge >= 0.3 is 5.97 Å². The van der Waals surface area contributed by atoms with E-state index in [2.05, 4.69) is 5.32 Å². The number of rotatable bonds is 5. The average Bonchev–Trinajstić information content (AvgIpc) is 2.38. The van der Waals surface area contributed by atoms with Crippen molar-refractivity contribution in [3.63, 3.8) is 0 Å². The van der Waals surface area contributed by atoms with Gasteiger partial charge in [0.05, 0.1) is 18.8 Å². The molecule has 1 aliphatic rings. The SMILES string of the molecule is CC(=O)NC1CC=C(C(=O)O)OC1(N)C(C)C(O)CO. The first-order valence-electron chi connectivity index (χ1n) is 6.19. The highest BCUT2D eigenvalue weighted by Crippen LogP contribution is 2.32. The van der Waals surface area contributed by atoms with Gasteiger partial charge in [0.2, 0.25) is 11.7 Å². The molecular weight excluding hydrogens is 268 g/mol. The van der Waals surface area contributed by atoms with Gasteiger partial charge in [-0.05, 0) is 12.5 Å². The molecule has 4 unspecified atom stereocenters. The van der Waals surface area contributed by atoms with Gasteiger partial charge in [0.15, 0.2) is 5.72 Å². The van der Waals surface area contributed by atoms with Gasteiger partial charge in [0.25, 0.3) is 0 Å². The Balaban J connectivity index is 3.09. The van der Waals surface area contributed by atoms with E-state index < -0.39 is 36.4 Å². The van der Waals surface area contributed by atoms with Crippen molar-refractivity contribution in [3.8, 4) is 0 Å². The minimum atomic E-state index is -1.63. The fourth-order valence-corrected chi connectivity index (χ4v) is 2.13. The van der Waals surface area contributed by atoms with Crippen molar-refractivity contribution < 1.29 is 29.6 Å². The zero-order valence-corrected chi connectivity index (χ0v) is 11.4. The third-order valence-electron chi connectivity index (χ3n) is 3.43. The average molecular weight is 288 g/mol. The lowest BCUT2D eigenvalue weighted by molar-refractivity contribution is -0.154. The van der Waals surface area contributed by atoms with Crippen LogP contribution in [0.3, 0.4) is 0 Å². The van der Waals surface area contributed by atoms with Crippen molar-refractivity contribution in [3.05, 3.63) is 11.8 Å². The second-order valence-electron chi connectivity index (χ2n) is 4.86. The van der Waals surface area contributed by atoms with Crippen LogP contribution in [0.5, 0.6) is 0 Å². The van der Waals surface area contributed by atoms with E-state index in [0.29, 0.717) is 0 Å². The number of ether oxygens (including phenoxy) is 1. The van der Waals surface area contributed by atoms with Crippen LogP contribution >= 0.6 is 0 Å². The Morgan fingerprint density at radius 2 is 2.25 bits per heavy atom. The number of carboxylic acids is 1. The molecular formula is C12H20N2O6. The van der Waals surface area contributed by atoms with Crippen LogP contribution in [0.25, 0.3) is 0 Å². The van der Waals surface area contributed by atoms with Crippen molar-refractivity contribution in [2.24, 2.45) is 11.7 Å². The fourth-order valence-electron chi connectivity index (χ4n) is 2.13. The number of hydrogen-bond acceptors (Lipinski definition) is 6. The maximum absolute atomic E-state index is 11.2. The number of carbonyl (C=O) groups excluding carboxylic acids is 1. The summed E-state index contributed by atoms with van der Waals surface area (Å²) in [4.78, 5) is 22.2. The molecule has 0 saturated carbocycles. The van der Waals surface area contributed by atoms with E-state index in [-0.39, 0.29) is 18.1 Å². The van der Waals surface area contributed by atoms with Crippen LogP contribution in [0.15, 0.2) is 11.8 Å². The smallest absolute Gasteiger partial charge is 0.370 e. The molecule has 0 aliphatic carbocycles. The molecule has 8 heteroatoms.